The largest absolute Gasteiger partial charge is 0.467 e. The van der Waals surface area contributed by atoms with Crippen LogP contribution in [0, 0.1) is 6.92 Å². The topological polar surface area (TPSA) is 34.1 Å². The number of ether oxygens (including phenoxy) is 2. The van der Waals surface area contributed by atoms with Crippen molar-refractivity contribution < 1.29 is 9.47 Å². The Kier molecular flexibility index (Phi) is 9.56. The summed E-state index contributed by atoms with van der Waals surface area (Å²) in [6.07, 6.45) is 9.20. The van der Waals surface area contributed by atoms with Gasteiger partial charge in [0, 0.05) is 36.5 Å². The van der Waals surface area contributed by atoms with Gasteiger partial charge in [0.1, 0.15) is 5.75 Å². The van der Waals surface area contributed by atoms with Gasteiger partial charge in [-0.05, 0) is 50.4 Å². The molecule has 1 heterocycles. The number of nitrogens with zero attached hydrogens (tertiary/aromatic N) is 2. The highest BCUT2D eigenvalue weighted by Crippen LogP contribution is 2.51. The Bertz CT molecular complexity index is 880. The van der Waals surface area contributed by atoms with Crippen molar-refractivity contribution in [3.05, 3.63) is 59.2 Å². The summed E-state index contributed by atoms with van der Waals surface area (Å²) in [7, 11) is 2.31. The first kappa shape index (κ1) is 24.7. The summed E-state index contributed by atoms with van der Waals surface area (Å²) in [5.41, 5.74) is 3.81. The molecule has 0 aliphatic carbocycles. The normalized spacial score (nSPS) is 16.7. The van der Waals surface area contributed by atoms with Crippen LogP contribution < -0.4 is 10.0 Å². The van der Waals surface area contributed by atoms with Crippen LogP contribution in [0.15, 0.2) is 47.6 Å². The zero-order chi connectivity index (χ0) is 22.8. The molecule has 2 atom stereocenters. The highest BCUT2D eigenvalue weighted by Gasteiger charge is 2.33. The van der Waals surface area contributed by atoms with Gasteiger partial charge in [0.25, 0.3) is 0 Å². The average Bonchev–Trinajstić information content (AvgIpc) is 2.83. The fourth-order valence-corrected chi connectivity index (χ4v) is 6.40. The number of aryl methyl sites for hydroxylation is 1. The fraction of sp³-hybridized carbons (Fsp3) is 0.519. The Morgan fingerprint density at radius 2 is 1.88 bits per heavy atom. The second-order valence-electron chi connectivity index (χ2n) is 8.71. The minimum Gasteiger partial charge on any atom is -0.467 e. The van der Waals surface area contributed by atoms with Gasteiger partial charge >= 0.3 is 0 Å². The lowest BCUT2D eigenvalue weighted by molar-refractivity contribution is 0.0499. The molecule has 0 radical (unpaired) electrons. The molecule has 0 bridgehead atoms. The van der Waals surface area contributed by atoms with Crippen molar-refractivity contribution in [1.82, 2.24) is 5.01 Å². The van der Waals surface area contributed by atoms with Gasteiger partial charge in [-0.3, -0.25) is 5.01 Å². The Labute approximate surface area is 196 Å². The third-order valence-electron chi connectivity index (χ3n) is 6.29. The van der Waals surface area contributed by atoms with Gasteiger partial charge in [-0.15, -0.1) is 0 Å². The molecular formula is C27H39N2O2P. The van der Waals surface area contributed by atoms with Crippen LogP contribution in [0.3, 0.4) is 0 Å². The van der Waals surface area contributed by atoms with E-state index in [1.54, 1.807) is 7.11 Å². The van der Waals surface area contributed by atoms with E-state index in [4.69, 9.17) is 14.6 Å². The van der Waals surface area contributed by atoms with Gasteiger partial charge in [0.15, 0.2) is 6.79 Å². The second kappa shape index (κ2) is 12.4. The van der Waals surface area contributed by atoms with Gasteiger partial charge in [-0.25, -0.2) is 0 Å². The van der Waals surface area contributed by atoms with Crippen molar-refractivity contribution in [2.45, 2.75) is 64.5 Å². The number of hydrogen-bond donors (Lipinski definition) is 0. The van der Waals surface area contributed by atoms with Crippen molar-refractivity contribution >= 4 is 20.1 Å². The van der Waals surface area contributed by atoms with E-state index in [2.05, 4.69) is 74.5 Å². The number of hydrogen-bond acceptors (Lipinski definition) is 4. The van der Waals surface area contributed by atoms with Crippen molar-refractivity contribution in [3.8, 4) is 5.75 Å². The maximum absolute atomic E-state index is 6.04. The van der Waals surface area contributed by atoms with Gasteiger partial charge < -0.3 is 9.47 Å². The zero-order valence-electron chi connectivity index (χ0n) is 20.2. The monoisotopic (exact) mass is 454 g/mol. The first-order chi connectivity index (χ1) is 15.6. The molecule has 1 saturated heterocycles. The molecule has 174 valence electrons. The Morgan fingerprint density at radius 1 is 1.09 bits per heavy atom. The van der Waals surface area contributed by atoms with Crippen LogP contribution in [-0.2, 0) is 9.89 Å². The van der Waals surface area contributed by atoms with E-state index in [0.717, 1.165) is 38.1 Å². The second-order valence-corrected chi connectivity index (χ2v) is 10.5. The van der Waals surface area contributed by atoms with E-state index in [9.17, 15) is 0 Å². The maximum atomic E-state index is 6.04. The number of methoxy groups -OCH3 is 1. The lowest BCUT2D eigenvalue weighted by atomic mass is 9.89. The molecule has 0 aromatic heterocycles. The molecule has 0 spiro atoms. The van der Waals surface area contributed by atoms with E-state index >= 15 is 0 Å². The molecule has 0 N–H and O–H groups in total. The molecule has 0 saturated carbocycles. The number of piperidine rings is 1. The summed E-state index contributed by atoms with van der Waals surface area (Å²) in [4.78, 5) is 0. The van der Waals surface area contributed by atoms with Crippen LogP contribution in [-0.4, -0.2) is 38.2 Å². The summed E-state index contributed by atoms with van der Waals surface area (Å²) in [5, 5.41) is 8.46. The number of benzene rings is 2. The smallest absolute Gasteiger partial charge is 0.188 e. The van der Waals surface area contributed by atoms with E-state index in [1.807, 2.05) is 0 Å². The van der Waals surface area contributed by atoms with Crippen LogP contribution >= 0.6 is 8.58 Å². The zero-order valence-corrected chi connectivity index (χ0v) is 21.2. The van der Waals surface area contributed by atoms with Crippen LogP contribution in [0.1, 0.15) is 69.1 Å². The third kappa shape index (κ3) is 6.33. The van der Waals surface area contributed by atoms with Crippen LogP contribution in [0.25, 0.3) is 0 Å². The first-order valence-electron chi connectivity index (χ1n) is 12.0. The van der Waals surface area contributed by atoms with E-state index in [1.165, 1.54) is 41.3 Å². The summed E-state index contributed by atoms with van der Waals surface area (Å²) < 4.78 is 11.3. The summed E-state index contributed by atoms with van der Waals surface area (Å²) in [6.45, 7) is 9.17. The van der Waals surface area contributed by atoms with Crippen molar-refractivity contribution in [1.29, 1.82) is 0 Å². The van der Waals surface area contributed by atoms with Gasteiger partial charge in [0.2, 0.25) is 0 Å². The van der Waals surface area contributed by atoms with Gasteiger partial charge in [0.05, 0.1) is 6.21 Å². The number of hydrazone groups is 1. The lowest BCUT2D eigenvalue weighted by Gasteiger charge is -2.35. The highest BCUT2D eigenvalue weighted by molar-refractivity contribution is 7.48. The molecule has 1 fully saturated rings. The molecule has 32 heavy (non-hydrogen) atoms. The lowest BCUT2D eigenvalue weighted by Crippen LogP contribution is -2.26. The molecule has 2 aromatic rings. The fourth-order valence-electron chi connectivity index (χ4n) is 4.53. The predicted molar refractivity (Wildman–Crippen MR) is 138 cm³/mol. The Hall–Kier alpha value is -1.90. The number of rotatable bonds is 11. The average molecular weight is 455 g/mol. The van der Waals surface area contributed by atoms with Gasteiger partial charge in [-0.2, -0.15) is 5.10 Å². The predicted octanol–water partition coefficient (Wildman–Crippen LogP) is 6.21. The third-order valence-corrected chi connectivity index (χ3v) is 8.37. The molecule has 2 aromatic carbocycles. The Balaban J connectivity index is 1.96. The Morgan fingerprint density at radius 3 is 2.59 bits per heavy atom. The van der Waals surface area contributed by atoms with Crippen molar-refractivity contribution in [2.24, 2.45) is 5.10 Å². The molecule has 0 amide bonds. The molecule has 4 nitrogen and oxygen atoms in total. The van der Waals surface area contributed by atoms with E-state index in [-0.39, 0.29) is 11.9 Å². The molecule has 5 heteroatoms. The highest BCUT2D eigenvalue weighted by atomic mass is 31.1. The van der Waals surface area contributed by atoms with Crippen molar-refractivity contribution in [3.63, 3.8) is 0 Å². The van der Waals surface area contributed by atoms with Crippen LogP contribution in [0.4, 0.5) is 0 Å². The van der Waals surface area contributed by atoms with Crippen LogP contribution in [0.5, 0.6) is 5.75 Å². The maximum Gasteiger partial charge on any atom is 0.188 e. The summed E-state index contributed by atoms with van der Waals surface area (Å²) in [5.74, 6) is 0.944. The minimum absolute atomic E-state index is 0.0267. The SMILES string of the molecule is CCCC(CC)(Pc1ccccc1/C=N/N1CCCCC1)c1cc(C)ccc1OCOC. The standard InChI is InChI=1S/C27H39N2O2P/c1-5-16-27(6-2,24-19-22(3)14-15-25(24)31-21-30-4)32-26-13-9-8-12-23(26)20-28-29-17-10-7-11-18-29/h8-9,12-15,19-20,32H,5-7,10-11,16-18,21H2,1-4H3/b28-20+. The molecule has 3 rings (SSSR count). The summed E-state index contributed by atoms with van der Waals surface area (Å²) in [6, 6.07) is 15.3. The molecule has 2 unspecified atom stereocenters. The van der Waals surface area contributed by atoms with E-state index < -0.39 is 0 Å². The quantitative estimate of drug-likeness (QED) is 0.230. The summed E-state index contributed by atoms with van der Waals surface area (Å²) >= 11 is 0. The minimum atomic E-state index is 0.0267. The van der Waals surface area contributed by atoms with Crippen molar-refractivity contribution in [2.75, 3.05) is 27.0 Å². The van der Waals surface area contributed by atoms with Gasteiger partial charge in [-0.1, -0.05) is 70.8 Å². The molecule has 1 aliphatic heterocycles. The van der Waals surface area contributed by atoms with E-state index in [0.29, 0.717) is 8.58 Å². The first-order valence-corrected chi connectivity index (χ1v) is 13.0. The van der Waals surface area contributed by atoms with Crippen LogP contribution in [0.2, 0.25) is 0 Å². The molecule has 1 aliphatic rings. The molecular weight excluding hydrogens is 415 g/mol.